The number of nitrogens with zero attached hydrogens (tertiary/aromatic N) is 1. The van der Waals surface area contributed by atoms with Crippen LogP contribution in [0.25, 0.3) is 0 Å². The lowest BCUT2D eigenvalue weighted by atomic mass is 10.1. The maximum atomic E-state index is 13.1. The van der Waals surface area contributed by atoms with Crippen LogP contribution in [0.5, 0.6) is 0 Å². The average molecular weight is 396 g/mol. The molecule has 0 amide bonds. The van der Waals surface area contributed by atoms with E-state index >= 15 is 0 Å². The minimum Gasteiger partial charge on any atom is -0.465 e. The zero-order valence-electron chi connectivity index (χ0n) is 13.4. The number of nitrogens with one attached hydrogen (secondary N) is 1. The van der Waals surface area contributed by atoms with E-state index in [1.807, 2.05) is 13.8 Å². The predicted molar refractivity (Wildman–Crippen MR) is 94.4 cm³/mol. The van der Waals surface area contributed by atoms with Gasteiger partial charge in [0.05, 0.1) is 6.61 Å². The Kier molecular flexibility index (Phi) is 12.2. The van der Waals surface area contributed by atoms with Gasteiger partial charge in [0, 0.05) is 24.8 Å². The van der Waals surface area contributed by atoms with Gasteiger partial charge < -0.3 is 4.74 Å². The van der Waals surface area contributed by atoms with Gasteiger partial charge in [0.2, 0.25) is 7.44 Å². The van der Waals surface area contributed by atoms with Gasteiger partial charge in [-0.15, -0.1) is 34.8 Å². The first-order valence-corrected chi connectivity index (χ1v) is 10.8. The molecule has 22 heavy (non-hydrogen) atoms. The molecule has 0 rings (SSSR count). The van der Waals surface area contributed by atoms with Crippen LogP contribution in [0.4, 0.5) is 0 Å². The lowest BCUT2D eigenvalue weighted by molar-refractivity contribution is -0.145. The summed E-state index contributed by atoms with van der Waals surface area (Å²) in [6.45, 7) is 6.72. The largest absolute Gasteiger partial charge is 0.465 e. The second kappa shape index (κ2) is 11.9. The number of carbonyl (C=O) groups is 1. The Balaban J connectivity index is 5.21. The van der Waals surface area contributed by atoms with Crippen LogP contribution in [0.15, 0.2) is 0 Å². The molecule has 0 aliphatic heterocycles. The molecule has 132 valence electrons. The van der Waals surface area contributed by atoms with Crippen LogP contribution in [0.1, 0.15) is 27.2 Å². The summed E-state index contributed by atoms with van der Waals surface area (Å²) in [5.41, 5.74) is -0.130. The van der Waals surface area contributed by atoms with Gasteiger partial charge in [0.1, 0.15) is 11.7 Å². The van der Waals surface area contributed by atoms with Crippen LogP contribution in [-0.4, -0.2) is 53.8 Å². The first-order valence-electron chi connectivity index (χ1n) is 7.31. The zero-order valence-corrected chi connectivity index (χ0v) is 16.5. The van der Waals surface area contributed by atoms with E-state index in [2.05, 4.69) is 5.09 Å². The molecule has 0 bridgehead atoms. The third-order valence-electron chi connectivity index (χ3n) is 2.94. The number of alkyl halides is 3. The van der Waals surface area contributed by atoms with Gasteiger partial charge in [-0.2, -0.15) is 0 Å². The van der Waals surface area contributed by atoms with Crippen LogP contribution in [0.3, 0.4) is 0 Å². The minimum absolute atomic E-state index is 0.130. The standard InChI is InChI=1S/C13H26Cl3N2O3P/c1-4-21-13(19)12(9-11(2)3)17-22(20,10-16)18(7-5-14)8-6-15/h11-12H,4-10H2,1-3H3,(H,17,20). The molecule has 0 aromatic rings. The van der Waals surface area contributed by atoms with Crippen molar-refractivity contribution in [3.05, 3.63) is 0 Å². The molecule has 5 nitrogen and oxygen atoms in total. The number of hydrogen-bond acceptors (Lipinski definition) is 3. The normalized spacial score (nSPS) is 15.8. The molecule has 0 spiro atoms. The van der Waals surface area contributed by atoms with E-state index in [0.29, 0.717) is 31.3 Å². The number of ether oxygens (including phenoxy) is 1. The topological polar surface area (TPSA) is 58.6 Å². The van der Waals surface area contributed by atoms with Crippen molar-refractivity contribution in [2.24, 2.45) is 5.92 Å². The van der Waals surface area contributed by atoms with Gasteiger partial charge in [-0.1, -0.05) is 13.8 Å². The molecule has 0 aromatic carbocycles. The highest BCUT2D eigenvalue weighted by Crippen LogP contribution is 2.47. The van der Waals surface area contributed by atoms with Crippen LogP contribution in [0, 0.1) is 5.92 Å². The van der Waals surface area contributed by atoms with Crippen molar-refractivity contribution in [3.63, 3.8) is 0 Å². The van der Waals surface area contributed by atoms with E-state index in [-0.39, 0.29) is 18.1 Å². The SMILES string of the molecule is CCOC(=O)C(CC(C)C)NP(=O)(CCl)N(CCCl)CCCl. The summed E-state index contributed by atoms with van der Waals surface area (Å²) in [4.78, 5) is 12.1. The average Bonchev–Trinajstić information content (AvgIpc) is 2.46. The molecule has 9 heteroatoms. The lowest BCUT2D eigenvalue weighted by Gasteiger charge is -2.32. The van der Waals surface area contributed by atoms with Crippen molar-refractivity contribution in [1.29, 1.82) is 0 Å². The molecule has 0 radical (unpaired) electrons. The summed E-state index contributed by atoms with van der Waals surface area (Å²) in [5.74, 6) is 0.417. The summed E-state index contributed by atoms with van der Waals surface area (Å²) in [7, 11) is -3.15. The highest BCUT2D eigenvalue weighted by Gasteiger charge is 2.35. The first kappa shape index (κ1) is 22.5. The number of esters is 1. The van der Waals surface area contributed by atoms with Gasteiger partial charge in [-0.3, -0.25) is 9.36 Å². The molecular weight excluding hydrogens is 369 g/mol. The molecule has 2 unspecified atom stereocenters. The summed E-state index contributed by atoms with van der Waals surface area (Å²) in [6, 6.07) is -0.669. The van der Waals surface area contributed by atoms with E-state index in [4.69, 9.17) is 39.5 Å². The highest BCUT2D eigenvalue weighted by atomic mass is 35.5. The van der Waals surface area contributed by atoms with Gasteiger partial charge in [-0.05, 0) is 19.3 Å². The molecule has 0 heterocycles. The van der Waals surface area contributed by atoms with E-state index in [9.17, 15) is 9.36 Å². The fourth-order valence-electron chi connectivity index (χ4n) is 1.98. The third kappa shape index (κ3) is 7.85. The fourth-order valence-corrected chi connectivity index (χ4v) is 5.21. The summed E-state index contributed by atoms with van der Waals surface area (Å²) in [6.07, 6.45) is 0.509. The molecular formula is C13H26Cl3N2O3P. The van der Waals surface area contributed by atoms with Gasteiger partial charge in [-0.25, -0.2) is 9.76 Å². The van der Waals surface area contributed by atoms with Gasteiger partial charge in [0.25, 0.3) is 0 Å². The van der Waals surface area contributed by atoms with Gasteiger partial charge in [0.15, 0.2) is 0 Å². The molecule has 2 atom stereocenters. The van der Waals surface area contributed by atoms with E-state index in [1.165, 1.54) is 0 Å². The smallest absolute Gasteiger partial charge is 0.323 e. The number of rotatable bonds is 12. The van der Waals surface area contributed by atoms with Crippen molar-refractivity contribution in [2.75, 3.05) is 37.1 Å². The second-order valence-electron chi connectivity index (χ2n) is 5.22. The minimum atomic E-state index is -3.15. The maximum absolute atomic E-state index is 13.1. The number of hydrogen-bond donors (Lipinski definition) is 1. The Morgan fingerprint density at radius 1 is 1.23 bits per heavy atom. The molecule has 0 saturated heterocycles. The van der Waals surface area contributed by atoms with Crippen LogP contribution >= 0.6 is 42.2 Å². The molecule has 0 fully saturated rings. The Morgan fingerprint density at radius 3 is 2.14 bits per heavy atom. The first-order chi connectivity index (χ1) is 10.3. The highest BCUT2D eigenvalue weighted by molar-refractivity contribution is 7.61. The molecule has 1 N–H and O–H groups in total. The zero-order chi connectivity index (χ0) is 17.2. The summed E-state index contributed by atoms with van der Waals surface area (Å²) < 4.78 is 19.8. The van der Waals surface area contributed by atoms with Crippen molar-refractivity contribution in [2.45, 2.75) is 33.2 Å². The van der Waals surface area contributed by atoms with Crippen molar-refractivity contribution < 1.29 is 14.1 Å². The third-order valence-corrected chi connectivity index (χ3v) is 6.60. The van der Waals surface area contributed by atoms with Crippen molar-refractivity contribution in [1.82, 2.24) is 9.76 Å². The second-order valence-corrected chi connectivity index (χ2v) is 9.16. The number of halogens is 3. The summed E-state index contributed by atoms with van der Waals surface area (Å²) in [5, 5.41) is 2.92. The Labute approximate surface area is 148 Å². The van der Waals surface area contributed by atoms with E-state index in [1.54, 1.807) is 11.6 Å². The number of carbonyl (C=O) groups excluding carboxylic acids is 1. The van der Waals surface area contributed by atoms with Crippen LogP contribution in [0.2, 0.25) is 0 Å². The fraction of sp³-hybridized carbons (Fsp3) is 0.923. The Hall–Kier alpha value is 0.490. The summed E-state index contributed by atoms with van der Waals surface area (Å²) >= 11 is 17.5. The van der Waals surface area contributed by atoms with Crippen molar-refractivity contribution in [3.8, 4) is 0 Å². The monoisotopic (exact) mass is 394 g/mol. The quantitative estimate of drug-likeness (QED) is 0.310. The Morgan fingerprint density at radius 2 is 1.77 bits per heavy atom. The Bertz CT molecular complexity index is 366. The van der Waals surface area contributed by atoms with E-state index in [0.717, 1.165) is 0 Å². The maximum Gasteiger partial charge on any atom is 0.323 e. The van der Waals surface area contributed by atoms with Crippen LogP contribution in [-0.2, 0) is 14.1 Å². The lowest BCUT2D eigenvalue weighted by Crippen LogP contribution is -2.42. The van der Waals surface area contributed by atoms with E-state index < -0.39 is 19.5 Å². The predicted octanol–water partition coefficient (Wildman–Crippen LogP) is 3.72. The van der Waals surface area contributed by atoms with Gasteiger partial charge >= 0.3 is 5.97 Å². The molecule has 0 aromatic heterocycles. The molecule has 0 aliphatic rings. The molecule has 0 aliphatic carbocycles. The molecule has 0 saturated carbocycles. The van der Waals surface area contributed by atoms with Crippen molar-refractivity contribution >= 4 is 48.2 Å². The van der Waals surface area contributed by atoms with Crippen LogP contribution < -0.4 is 5.09 Å².